The molecular weight excluding hydrogens is 230 g/mol. The highest BCUT2D eigenvalue weighted by atomic mass is 16.4. The van der Waals surface area contributed by atoms with E-state index in [1.54, 1.807) is 6.20 Å². The Balaban J connectivity index is 2.14. The number of aromatic nitrogens is 2. The third-order valence-corrected chi connectivity index (χ3v) is 2.69. The Bertz CT molecular complexity index is 394. The Morgan fingerprint density at radius 2 is 2.00 bits per heavy atom. The average molecular weight is 251 g/mol. The summed E-state index contributed by atoms with van der Waals surface area (Å²) in [6, 6.07) is 0. The van der Waals surface area contributed by atoms with Crippen LogP contribution in [0, 0.1) is 13.8 Å². The summed E-state index contributed by atoms with van der Waals surface area (Å²) in [5, 5.41) is 11.8. The van der Waals surface area contributed by atoms with Gasteiger partial charge in [-0.3, -0.25) is 9.78 Å². The van der Waals surface area contributed by atoms with E-state index in [4.69, 9.17) is 5.11 Å². The van der Waals surface area contributed by atoms with Gasteiger partial charge in [0.15, 0.2) is 0 Å². The molecule has 18 heavy (non-hydrogen) atoms. The van der Waals surface area contributed by atoms with Crippen molar-refractivity contribution in [2.24, 2.45) is 0 Å². The van der Waals surface area contributed by atoms with Crippen LogP contribution in [0.15, 0.2) is 6.20 Å². The molecule has 100 valence electrons. The molecule has 0 atom stereocenters. The van der Waals surface area contributed by atoms with Crippen molar-refractivity contribution in [2.75, 3.05) is 11.9 Å². The highest BCUT2D eigenvalue weighted by Gasteiger charge is 2.01. The van der Waals surface area contributed by atoms with Crippen LogP contribution in [0.5, 0.6) is 0 Å². The van der Waals surface area contributed by atoms with Gasteiger partial charge >= 0.3 is 5.97 Å². The van der Waals surface area contributed by atoms with Crippen molar-refractivity contribution < 1.29 is 9.90 Å². The quantitative estimate of drug-likeness (QED) is 0.694. The fourth-order valence-electron chi connectivity index (χ4n) is 1.67. The van der Waals surface area contributed by atoms with E-state index in [9.17, 15) is 4.79 Å². The fourth-order valence-corrected chi connectivity index (χ4v) is 1.67. The lowest BCUT2D eigenvalue weighted by atomic mass is 10.1. The van der Waals surface area contributed by atoms with Crippen LogP contribution in [0.2, 0.25) is 0 Å². The normalized spacial score (nSPS) is 10.3. The highest BCUT2D eigenvalue weighted by Crippen LogP contribution is 2.09. The number of unbranched alkanes of at least 4 members (excludes halogenated alkanes) is 3. The second-order valence-electron chi connectivity index (χ2n) is 4.43. The second-order valence-corrected chi connectivity index (χ2v) is 4.43. The molecule has 0 aromatic carbocycles. The Labute approximate surface area is 108 Å². The van der Waals surface area contributed by atoms with Crippen LogP contribution in [-0.2, 0) is 4.79 Å². The molecule has 0 fully saturated rings. The van der Waals surface area contributed by atoms with Crippen molar-refractivity contribution in [3.63, 3.8) is 0 Å². The molecule has 0 aliphatic rings. The van der Waals surface area contributed by atoms with Gasteiger partial charge in [0.05, 0.1) is 11.4 Å². The number of nitrogens with zero attached hydrogens (tertiary/aromatic N) is 2. The molecule has 0 spiro atoms. The first-order valence-corrected chi connectivity index (χ1v) is 6.35. The summed E-state index contributed by atoms with van der Waals surface area (Å²) >= 11 is 0. The van der Waals surface area contributed by atoms with E-state index in [1.807, 2.05) is 13.8 Å². The third kappa shape index (κ3) is 5.61. The van der Waals surface area contributed by atoms with Crippen molar-refractivity contribution >= 4 is 11.8 Å². The maximum atomic E-state index is 10.3. The number of carbonyl (C=O) groups is 1. The van der Waals surface area contributed by atoms with Crippen molar-refractivity contribution in [3.8, 4) is 0 Å². The number of carboxylic acid groups (broad SMARTS) is 1. The smallest absolute Gasteiger partial charge is 0.303 e. The number of rotatable bonds is 8. The number of carboxylic acids is 1. The molecule has 1 aromatic rings. The Kier molecular flexibility index (Phi) is 6.11. The van der Waals surface area contributed by atoms with Crippen LogP contribution in [0.25, 0.3) is 0 Å². The summed E-state index contributed by atoms with van der Waals surface area (Å²) in [7, 11) is 0. The molecule has 0 aliphatic heterocycles. The minimum atomic E-state index is -0.709. The van der Waals surface area contributed by atoms with Gasteiger partial charge in [0, 0.05) is 19.2 Å². The topological polar surface area (TPSA) is 75.1 Å². The molecule has 1 aromatic heterocycles. The minimum Gasteiger partial charge on any atom is -0.481 e. The Morgan fingerprint density at radius 1 is 1.28 bits per heavy atom. The van der Waals surface area contributed by atoms with E-state index in [0.29, 0.717) is 0 Å². The second kappa shape index (κ2) is 7.63. The zero-order valence-corrected chi connectivity index (χ0v) is 11.1. The molecule has 1 heterocycles. The predicted octanol–water partition coefficient (Wildman–Crippen LogP) is 2.54. The summed E-state index contributed by atoms with van der Waals surface area (Å²) in [6.45, 7) is 4.71. The molecule has 2 N–H and O–H groups in total. The number of anilines is 1. The van der Waals surface area contributed by atoms with E-state index in [1.165, 1.54) is 0 Å². The summed E-state index contributed by atoms with van der Waals surface area (Å²) in [6.07, 6.45) is 5.82. The highest BCUT2D eigenvalue weighted by molar-refractivity contribution is 5.66. The SMILES string of the molecule is Cc1cnc(C)c(NCCCCCCC(=O)O)n1. The molecular formula is C13H21N3O2. The summed E-state index contributed by atoms with van der Waals surface area (Å²) in [5.41, 5.74) is 1.82. The van der Waals surface area contributed by atoms with Gasteiger partial charge in [0.25, 0.3) is 0 Å². The largest absolute Gasteiger partial charge is 0.481 e. The third-order valence-electron chi connectivity index (χ3n) is 2.69. The molecule has 0 radical (unpaired) electrons. The fraction of sp³-hybridized carbons (Fsp3) is 0.615. The van der Waals surface area contributed by atoms with E-state index < -0.39 is 5.97 Å². The van der Waals surface area contributed by atoms with E-state index >= 15 is 0 Å². The average Bonchev–Trinajstić information content (AvgIpc) is 2.32. The molecule has 1 rings (SSSR count). The maximum absolute atomic E-state index is 10.3. The maximum Gasteiger partial charge on any atom is 0.303 e. The number of aryl methyl sites for hydroxylation is 2. The van der Waals surface area contributed by atoms with Crippen LogP contribution < -0.4 is 5.32 Å². The minimum absolute atomic E-state index is 0.274. The standard InChI is InChI=1S/C13H21N3O2/c1-10-9-15-11(2)13(16-10)14-8-6-4-3-5-7-12(17)18/h9H,3-8H2,1-2H3,(H,14,16)(H,17,18). The van der Waals surface area contributed by atoms with Gasteiger partial charge in [0.1, 0.15) is 5.82 Å². The van der Waals surface area contributed by atoms with Gasteiger partial charge in [-0.2, -0.15) is 0 Å². The van der Waals surface area contributed by atoms with Crippen molar-refractivity contribution in [1.29, 1.82) is 0 Å². The van der Waals surface area contributed by atoms with Gasteiger partial charge in [-0.15, -0.1) is 0 Å². The lowest BCUT2D eigenvalue weighted by Crippen LogP contribution is -2.07. The summed E-state index contributed by atoms with van der Waals surface area (Å²) in [4.78, 5) is 18.9. The number of hydrogen-bond donors (Lipinski definition) is 2. The number of aliphatic carboxylic acids is 1. The molecule has 5 nitrogen and oxygen atoms in total. The monoisotopic (exact) mass is 251 g/mol. The molecule has 0 unspecified atom stereocenters. The zero-order chi connectivity index (χ0) is 13.4. The summed E-state index contributed by atoms with van der Waals surface area (Å²) in [5.74, 6) is 0.138. The number of nitrogens with one attached hydrogen (secondary N) is 1. The first-order valence-electron chi connectivity index (χ1n) is 6.35. The van der Waals surface area contributed by atoms with E-state index in [2.05, 4.69) is 15.3 Å². The van der Waals surface area contributed by atoms with Gasteiger partial charge in [-0.25, -0.2) is 4.98 Å². The summed E-state index contributed by atoms with van der Waals surface area (Å²) < 4.78 is 0. The number of hydrogen-bond acceptors (Lipinski definition) is 4. The van der Waals surface area contributed by atoms with Crippen LogP contribution in [0.4, 0.5) is 5.82 Å². The van der Waals surface area contributed by atoms with E-state index in [0.717, 1.165) is 49.4 Å². The van der Waals surface area contributed by atoms with Crippen LogP contribution >= 0.6 is 0 Å². The van der Waals surface area contributed by atoms with Crippen LogP contribution in [0.3, 0.4) is 0 Å². The first-order chi connectivity index (χ1) is 8.59. The van der Waals surface area contributed by atoms with Gasteiger partial charge in [-0.05, 0) is 26.7 Å². The van der Waals surface area contributed by atoms with Crippen molar-refractivity contribution in [1.82, 2.24) is 9.97 Å². The molecule has 0 saturated carbocycles. The van der Waals surface area contributed by atoms with Crippen molar-refractivity contribution in [2.45, 2.75) is 46.0 Å². The molecule has 0 saturated heterocycles. The zero-order valence-electron chi connectivity index (χ0n) is 11.1. The predicted molar refractivity (Wildman–Crippen MR) is 70.7 cm³/mol. The first kappa shape index (κ1) is 14.4. The van der Waals surface area contributed by atoms with Gasteiger partial charge in [-0.1, -0.05) is 12.8 Å². The van der Waals surface area contributed by atoms with Gasteiger partial charge < -0.3 is 10.4 Å². The Hall–Kier alpha value is -1.65. The van der Waals surface area contributed by atoms with Crippen LogP contribution in [0.1, 0.15) is 43.5 Å². The molecule has 0 aliphatic carbocycles. The van der Waals surface area contributed by atoms with Crippen molar-refractivity contribution in [3.05, 3.63) is 17.6 Å². The lowest BCUT2D eigenvalue weighted by molar-refractivity contribution is -0.137. The molecule has 5 heteroatoms. The Morgan fingerprint density at radius 3 is 2.72 bits per heavy atom. The van der Waals surface area contributed by atoms with Gasteiger partial charge in [0.2, 0.25) is 0 Å². The lowest BCUT2D eigenvalue weighted by Gasteiger charge is -2.08. The molecule has 0 amide bonds. The van der Waals surface area contributed by atoms with E-state index in [-0.39, 0.29) is 6.42 Å². The molecule has 0 bridgehead atoms. The van der Waals surface area contributed by atoms with Crippen LogP contribution in [-0.4, -0.2) is 27.6 Å².